The minimum absolute atomic E-state index is 0.0313. The summed E-state index contributed by atoms with van der Waals surface area (Å²) in [6.07, 6.45) is 0. The highest BCUT2D eigenvalue weighted by atomic mass is 32.1. The van der Waals surface area contributed by atoms with Gasteiger partial charge in [-0.15, -0.1) is 11.3 Å². The lowest BCUT2D eigenvalue weighted by atomic mass is 10.00. The van der Waals surface area contributed by atoms with Crippen LogP contribution in [0.25, 0.3) is 5.76 Å². The quantitative estimate of drug-likeness (QED) is 0.327. The van der Waals surface area contributed by atoms with E-state index >= 15 is 0 Å². The van der Waals surface area contributed by atoms with Crippen molar-refractivity contribution in [3.05, 3.63) is 63.6 Å². The van der Waals surface area contributed by atoms with E-state index < -0.39 is 23.5 Å². The van der Waals surface area contributed by atoms with Crippen molar-refractivity contribution in [1.82, 2.24) is 4.90 Å². The van der Waals surface area contributed by atoms with Crippen LogP contribution in [0.5, 0.6) is 0 Å². The lowest BCUT2D eigenvalue weighted by Gasteiger charge is -2.23. The zero-order chi connectivity index (χ0) is 19.4. The molecule has 27 heavy (non-hydrogen) atoms. The van der Waals surface area contributed by atoms with E-state index in [1.54, 1.807) is 12.1 Å². The number of ether oxygens (including phenoxy) is 1. The number of rotatable bonds is 7. The maximum atomic E-state index is 13.2. The van der Waals surface area contributed by atoms with Gasteiger partial charge in [0, 0.05) is 17.0 Å². The molecular formula is C19H18FNO5S. The number of carbonyl (C=O) groups is 2. The molecule has 1 fully saturated rings. The highest BCUT2D eigenvalue weighted by Crippen LogP contribution is 2.40. The molecule has 3 rings (SSSR count). The molecule has 1 atom stereocenters. The molecule has 6 nitrogen and oxygen atoms in total. The summed E-state index contributed by atoms with van der Waals surface area (Å²) in [6.45, 7) is 0.264. The van der Waals surface area contributed by atoms with Crippen LogP contribution in [0.15, 0.2) is 47.4 Å². The Bertz CT molecular complexity index is 847. The Kier molecular flexibility index (Phi) is 6.00. The number of amides is 1. The molecule has 2 aromatic rings. The Morgan fingerprint density at radius 1 is 1.19 bits per heavy atom. The predicted molar refractivity (Wildman–Crippen MR) is 97.6 cm³/mol. The van der Waals surface area contributed by atoms with Crippen molar-refractivity contribution < 1.29 is 28.9 Å². The summed E-state index contributed by atoms with van der Waals surface area (Å²) in [4.78, 5) is 27.2. The lowest BCUT2D eigenvalue weighted by Crippen LogP contribution is -2.32. The van der Waals surface area contributed by atoms with E-state index in [9.17, 15) is 19.1 Å². The molecule has 0 spiro atoms. The number of hydrogen-bond donors (Lipinski definition) is 2. The maximum absolute atomic E-state index is 13.2. The molecule has 8 heteroatoms. The van der Waals surface area contributed by atoms with Crippen molar-refractivity contribution in [2.75, 3.05) is 26.4 Å². The maximum Gasteiger partial charge on any atom is 0.295 e. The number of thiophene rings is 1. The second-order valence-corrected chi connectivity index (χ2v) is 6.83. The van der Waals surface area contributed by atoms with Gasteiger partial charge in [-0.1, -0.05) is 6.07 Å². The molecule has 2 heterocycles. The molecule has 1 unspecified atom stereocenters. The molecule has 1 saturated heterocycles. The van der Waals surface area contributed by atoms with Gasteiger partial charge in [0.15, 0.2) is 0 Å². The highest BCUT2D eigenvalue weighted by molar-refractivity contribution is 7.10. The standard InChI is InChI=1S/C19H18FNO5S/c20-13-5-3-12(4-6-13)17(23)15-16(14-2-1-11-27-14)21(19(25)18(15)24)7-9-26-10-8-22/h1-6,11,16,22-23H,7-10H2/b17-15-. The first kappa shape index (κ1) is 19.2. The number of carbonyl (C=O) groups excluding carboxylic acids is 2. The number of aliphatic hydroxyl groups excluding tert-OH is 2. The van der Waals surface area contributed by atoms with Crippen molar-refractivity contribution in [1.29, 1.82) is 0 Å². The number of likely N-dealkylation sites (tertiary alicyclic amines) is 1. The molecule has 142 valence electrons. The second-order valence-electron chi connectivity index (χ2n) is 5.85. The zero-order valence-corrected chi connectivity index (χ0v) is 15.1. The van der Waals surface area contributed by atoms with Crippen molar-refractivity contribution in [3.63, 3.8) is 0 Å². The molecule has 1 aromatic heterocycles. The van der Waals surface area contributed by atoms with E-state index in [2.05, 4.69) is 0 Å². The number of benzene rings is 1. The van der Waals surface area contributed by atoms with Crippen molar-refractivity contribution in [2.45, 2.75) is 6.04 Å². The Morgan fingerprint density at radius 2 is 1.93 bits per heavy atom. The topological polar surface area (TPSA) is 87.1 Å². The first-order chi connectivity index (χ1) is 13.0. The van der Waals surface area contributed by atoms with Crippen LogP contribution in [0.3, 0.4) is 0 Å². The average Bonchev–Trinajstić information content (AvgIpc) is 3.27. The Balaban J connectivity index is 2.00. The third-order valence-electron chi connectivity index (χ3n) is 4.18. The highest BCUT2D eigenvalue weighted by Gasteiger charge is 2.46. The normalized spacial score (nSPS) is 19.0. The van der Waals surface area contributed by atoms with Gasteiger partial charge in [0.05, 0.1) is 31.4 Å². The first-order valence-corrected chi connectivity index (χ1v) is 9.19. The van der Waals surface area contributed by atoms with E-state index in [-0.39, 0.29) is 43.3 Å². The number of ketones is 1. The van der Waals surface area contributed by atoms with Crippen LogP contribution in [0.1, 0.15) is 16.5 Å². The lowest BCUT2D eigenvalue weighted by molar-refractivity contribution is -0.140. The average molecular weight is 391 g/mol. The van der Waals surface area contributed by atoms with Gasteiger partial charge >= 0.3 is 0 Å². The Hall–Kier alpha value is -2.55. The Morgan fingerprint density at radius 3 is 2.56 bits per heavy atom. The molecule has 0 bridgehead atoms. The van der Waals surface area contributed by atoms with Crippen LogP contribution in [0.2, 0.25) is 0 Å². The third-order valence-corrected chi connectivity index (χ3v) is 5.11. The molecule has 1 aliphatic heterocycles. The number of aliphatic hydroxyl groups is 2. The molecule has 0 aliphatic carbocycles. The zero-order valence-electron chi connectivity index (χ0n) is 14.3. The van der Waals surface area contributed by atoms with Gasteiger partial charge in [-0.3, -0.25) is 9.59 Å². The summed E-state index contributed by atoms with van der Waals surface area (Å²) in [6, 6.07) is 7.89. The van der Waals surface area contributed by atoms with Crippen LogP contribution in [0.4, 0.5) is 4.39 Å². The van der Waals surface area contributed by atoms with Crippen LogP contribution < -0.4 is 0 Å². The molecule has 2 N–H and O–H groups in total. The number of Topliss-reactive ketones (excluding diaryl/α,β-unsaturated/α-hetero) is 1. The Labute approximate surface area is 159 Å². The summed E-state index contributed by atoms with van der Waals surface area (Å²) < 4.78 is 18.4. The van der Waals surface area contributed by atoms with E-state index in [0.29, 0.717) is 0 Å². The molecule has 1 amide bonds. The van der Waals surface area contributed by atoms with Crippen molar-refractivity contribution >= 4 is 28.8 Å². The molecule has 1 aromatic carbocycles. The van der Waals surface area contributed by atoms with Gasteiger partial charge in [0.2, 0.25) is 0 Å². The van der Waals surface area contributed by atoms with Gasteiger partial charge in [0.1, 0.15) is 11.6 Å². The summed E-state index contributed by atoms with van der Waals surface area (Å²) >= 11 is 1.36. The predicted octanol–water partition coefficient (Wildman–Crippen LogP) is 2.32. The first-order valence-electron chi connectivity index (χ1n) is 8.31. The second kappa shape index (κ2) is 8.43. The summed E-state index contributed by atoms with van der Waals surface area (Å²) in [5.74, 6) is -2.34. The fraction of sp³-hybridized carbons (Fsp3) is 0.263. The summed E-state index contributed by atoms with van der Waals surface area (Å²) in [5, 5.41) is 21.3. The monoisotopic (exact) mass is 391 g/mol. The van der Waals surface area contributed by atoms with Crippen molar-refractivity contribution in [3.8, 4) is 0 Å². The van der Waals surface area contributed by atoms with Crippen LogP contribution in [-0.4, -0.2) is 53.2 Å². The van der Waals surface area contributed by atoms with Crippen LogP contribution >= 0.6 is 11.3 Å². The van der Waals surface area contributed by atoms with E-state index in [0.717, 1.165) is 4.88 Å². The number of nitrogens with zero attached hydrogens (tertiary/aromatic N) is 1. The van der Waals surface area contributed by atoms with Gasteiger partial charge in [-0.2, -0.15) is 0 Å². The summed E-state index contributed by atoms with van der Waals surface area (Å²) in [7, 11) is 0. The molecular weight excluding hydrogens is 373 g/mol. The third kappa shape index (κ3) is 3.92. The van der Waals surface area contributed by atoms with Gasteiger partial charge in [-0.05, 0) is 35.7 Å². The molecule has 0 saturated carbocycles. The molecule has 1 aliphatic rings. The van der Waals surface area contributed by atoms with Crippen LogP contribution in [-0.2, 0) is 14.3 Å². The minimum Gasteiger partial charge on any atom is -0.507 e. The van der Waals surface area contributed by atoms with Crippen molar-refractivity contribution in [2.24, 2.45) is 0 Å². The number of hydrogen-bond acceptors (Lipinski definition) is 6. The fourth-order valence-corrected chi connectivity index (χ4v) is 3.79. The van der Waals surface area contributed by atoms with Gasteiger partial charge < -0.3 is 19.8 Å². The van der Waals surface area contributed by atoms with Crippen LogP contribution in [0, 0.1) is 5.82 Å². The van der Waals surface area contributed by atoms with E-state index in [1.807, 2.05) is 5.38 Å². The van der Waals surface area contributed by atoms with E-state index in [4.69, 9.17) is 9.84 Å². The van der Waals surface area contributed by atoms with Gasteiger partial charge in [-0.25, -0.2) is 4.39 Å². The SMILES string of the molecule is O=C1C(=O)N(CCOCCO)C(c2cccs2)/C1=C(/O)c1ccc(F)cc1. The molecule has 0 radical (unpaired) electrons. The van der Waals surface area contributed by atoms with E-state index in [1.165, 1.54) is 40.5 Å². The largest absolute Gasteiger partial charge is 0.507 e. The fourth-order valence-electron chi connectivity index (χ4n) is 2.95. The minimum atomic E-state index is -0.794. The smallest absolute Gasteiger partial charge is 0.295 e. The number of halogens is 1. The van der Waals surface area contributed by atoms with Gasteiger partial charge in [0.25, 0.3) is 11.7 Å². The summed E-state index contributed by atoms with van der Waals surface area (Å²) in [5.41, 5.74) is 0.226.